The van der Waals surface area contributed by atoms with Crippen LogP contribution in [0.25, 0.3) is 0 Å². The summed E-state index contributed by atoms with van der Waals surface area (Å²) in [5.41, 5.74) is -1.00. The van der Waals surface area contributed by atoms with Crippen LogP contribution in [0.3, 0.4) is 0 Å². The van der Waals surface area contributed by atoms with Crippen LogP contribution in [0.1, 0.15) is 30.6 Å². The summed E-state index contributed by atoms with van der Waals surface area (Å²) in [5, 5.41) is 11.7. The van der Waals surface area contributed by atoms with Gasteiger partial charge in [-0.3, -0.25) is 4.79 Å². The Morgan fingerprint density at radius 3 is 2.53 bits per heavy atom. The molecule has 0 aliphatic rings. The number of rotatable bonds is 4. The van der Waals surface area contributed by atoms with E-state index in [1.807, 2.05) is 0 Å². The predicted molar refractivity (Wildman–Crippen MR) is 67.2 cm³/mol. The van der Waals surface area contributed by atoms with Crippen LogP contribution in [0.15, 0.2) is 10.5 Å². The van der Waals surface area contributed by atoms with Gasteiger partial charge in [0.05, 0.1) is 16.6 Å². The molecule has 0 fully saturated rings. The minimum Gasteiger partial charge on any atom is -0.391 e. The summed E-state index contributed by atoms with van der Waals surface area (Å²) in [6, 6.07) is -0.0307. The molecule has 0 spiro atoms. The van der Waals surface area contributed by atoms with Crippen LogP contribution in [0, 0.1) is 17.5 Å². The van der Waals surface area contributed by atoms with Crippen LogP contribution in [-0.2, 0) is 0 Å². The van der Waals surface area contributed by atoms with E-state index >= 15 is 0 Å². The van der Waals surface area contributed by atoms with Gasteiger partial charge in [0.15, 0.2) is 11.6 Å². The summed E-state index contributed by atoms with van der Waals surface area (Å²) in [4.78, 5) is 11.7. The molecule has 0 bridgehead atoms. The highest BCUT2D eigenvalue weighted by molar-refractivity contribution is 9.10. The highest BCUT2D eigenvalue weighted by atomic mass is 79.9. The number of aliphatic hydroxyl groups excluding tert-OH is 1. The Bertz CT molecular complexity index is 496. The van der Waals surface area contributed by atoms with Crippen molar-refractivity contribution in [3.63, 3.8) is 0 Å². The average Bonchev–Trinajstić information content (AvgIpc) is 2.34. The SMILES string of the molecule is CCC(O)C(C)NC(=O)c1c(F)cc(Br)c(F)c1F. The average molecular weight is 340 g/mol. The van der Waals surface area contributed by atoms with Crippen molar-refractivity contribution in [3.8, 4) is 0 Å². The van der Waals surface area contributed by atoms with E-state index in [9.17, 15) is 23.1 Å². The Kier molecular flexibility index (Phi) is 5.37. The lowest BCUT2D eigenvalue weighted by Crippen LogP contribution is -2.41. The molecular weight excluding hydrogens is 327 g/mol. The molecule has 2 atom stereocenters. The van der Waals surface area contributed by atoms with Gasteiger partial charge in [-0.1, -0.05) is 6.92 Å². The largest absolute Gasteiger partial charge is 0.391 e. The molecule has 1 aromatic rings. The summed E-state index contributed by atoms with van der Waals surface area (Å²) in [6.07, 6.45) is -0.489. The first-order valence-corrected chi connectivity index (χ1v) is 6.40. The monoisotopic (exact) mass is 339 g/mol. The smallest absolute Gasteiger partial charge is 0.257 e. The van der Waals surface area contributed by atoms with E-state index < -0.39 is 45.5 Å². The van der Waals surface area contributed by atoms with E-state index in [1.54, 1.807) is 6.92 Å². The maximum atomic E-state index is 13.5. The highest BCUT2D eigenvalue weighted by Crippen LogP contribution is 2.24. The zero-order valence-electron chi connectivity index (χ0n) is 10.3. The molecule has 7 heteroatoms. The molecule has 1 rings (SSSR count). The standard InChI is InChI=1S/C12H13BrF3NO2/c1-3-8(18)5(2)17-12(19)9-7(14)4-6(13)10(15)11(9)16/h4-5,8,18H,3H2,1-2H3,(H,17,19). The fourth-order valence-electron chi connectivity index (χ4n) is 1.50. The minimum atomic E-state index is -1.57. The Morgan fingerprint density at radius 2 is 2.00 bits per heavy atom. The Hall–Kier alpha value is -1.08. The summed E-state index contributed by atoms with van der Waals surface area (Å²) in [6.45, 7) is 3.17. The second kappa shape index (κ2) is 6.38. The van der Waals surface area contributed by atoms with Gasteiger partial charge in [-0.15, -0.1) is 0 Å². The number of hydrogen-bond donors (Lipinski definition) is 2. The van der Waals surface area contributed by atoms with Crippen molar-refractivity contribution in [3.05, 3.63) is 33.6 Å². The molecule has 106 valence electrons. The van der Waals surface area contributed by atoms with Crippen molar-refractivity contribution >= 4 is 21.8 Å². The van der Waals surface area contributed by atoms with Crippen LogP contribution in [0.5, 0.6) is 0 Å². The van der Waals surface area contributed by atoms with Crippen LogP contribution in [0.4, 0.5) is 13.2 Å². The van der Waals surface area contributed by atoms with Gasteiger partial charge in [0.1, 0.15) is 11.4 Å². The molecule has 0 aliphatic heterocycles. The summed E-state index contributed by atoms with van der Waals surface area (Å²) in [5.74, 6) is -5.19. The fourth-order valence-corrected chi connectivity index (χ4v) is 1.88. The molecule has 1 amide bonds. The summed E-state index contributed by atoms with van der Waals surface area (Å²) >= 11 is 2.64. The Morgan fingerprint density at radius 1 is 1.42 bits per heavy atom. The van der Waals surface area contributed by atoms with Gasteiger partial charge in [0.2, 0.25) is 0 Å². The topological polar surface area (TPSA) is 49.3 Å². The minimum absolute atomic E-state index is 0.362. The molecule has 0 heterocycles. The zero-order valence-corrected chi connectivity index (χ0v) is 11.9. The molecule has 1 aromatic carbocycles. The zero-order chi connectivity index (χ0) is 14.7. The van der Waals surface area contributed by atoms with E-state index in [0.29, 0.717) is 12.5 Å². The second-order valence-corrected chi connectivity index (χ2v) is 4.94. The Labute approximate surface area is 116 Å². The molecule has 0 saturated carbocycles. The molecule has 2 unspecified atom stereocenters. The van der Waals surface area contributed by atoms with Crippen molar-refractivity contribution in [1.29, 1.82) is 0 Å². The third kappa shape index (κ3) is 3.48. The molecule has 3 nitrogen and oxygen atoms in total. The normalized spacial score (nSPS) is 14.1. The van der Waals surface area contributed by atoms with Crippen molar-refractivity contribution in [1.82, 2.24) is 5.32 Å². The molecule has 0 saturated heterocycles. The molecule has 19 heavy (non-hydrogen) atoms. The summed E-state index contributed by atoms with van der Waals surface area (Å²) < 4.78 is 39.9. The van der Waals surface area contributed by atoms with E-state index in [2.05, 4.69) is 21.2 Å². The number of carbonyl (C=O) groups is 1. The maximum absolute atomic E-state index is 13.5. The highest BCUT2D eigenvalue weighted by Gasteiger charge is 2.25. The van der Waals surface area contributed by atoms with Crippen molar-refractivity contribution in [2.75, 3.05) is 0 Å². The number of hydrogen-bond acceptors (Lipinski definition) is 2. The van der Waals surface area contributed by atoms with E-state index in [0.717, 1.165) is 0 Å². The third-order valence-electron chi connectivity index (χ3n) is 2.70. The second-order valence-electron chi connectivity index (χ2n) is 4.08. The molecule has 2 N–H and O–H groups in total. The van der Waals surface area contributed by atoms with Gasteiger partial charge >= 0.3 is 0 Å². The first-order valence-electron chi connectivity index (χ1n) is 5.61. The first-order chi connectivity index (χ1) is 8.79. The van der Waals surface area contributed by atoms with Crippen LogP contribution < -0.4 is 5.32 Å². The number of carbonyl (C=O) groups excluding carboxylic acids is 1. The van der Waals surface area contributed by atoms with Gasteiger partial charge in [-0.2, -0.15) is 0 Å². The lowest BCUT2D eigenvalue weighted by atomic mass is 10.1. The summed E-state index contributed by atoms with van der Waals surface area (Å²) in [7, 11) is 0. The van der Waals surface area contributed by atoms with Crippen molar-refractivity contribution < 1.29 is 23.1 Å². The lowest BCUT2D eigenvalue weighted by Gasteiger charge is -2.19. The van der Waals surface area contributed by atoms with Gasteiger partial charge < -0.3 is 10.4 Å². The number of nitrogens with one attached hydrogen (secondary N) is 1. The fraction of sp³-hybridized carbons (Fsp3) is 0.417. The molecule has 0 aliphatic carbocycles. The Balaban J connectivity index is 3.04. The van der Waals surface area contributed by atoms with Crippen LogP contribution in [0.2, 0.25) is 0 Å². The van der Waals surface area contributed by atoms with Crippen LogP contribution in [-0.4, -0.2) is 23.2 Å². The third-order valence-corrected chi connectivity index (χ3v) is 3.27. The number of amides is 1. The van der Waals surface area contributed by atoms with Gasteiger partial charge in [0, 0.05) is 0 Å². The predicted octanol–water partition coefficient (Wildman–Crippen LogP) is 2.76. The van der Waals surface area contributed by atoms with Gasteiger partial charge in [-0.25, -0.2) is 13.2 Å². The van der Waals surface area contributed by atoms with Crippen LogP contribution >= 0.6 is 15.9 Å². The first kappa shape index (κ1) is 16.0. The van der Waals surface area contributed by atoms with Gasteiger partial charge in [-0.05, 0) is 35.3 Å². The number of aliphatic hydroxyl groups is 1. The maximum Gasteiger partial charge on any atom is 0.257 e. The van der Waals surface area contributed by atoms with E-state index in [1.165, 1.54) is 6.92 Å². The van der Waals surface area contributed by atoms with Gasteiger partial charge in [0.25, 0.3) is 5.91 Å². The number of halogens is 4. The number of benzene rings is 1. The lowest BCUT2D eigenvalue weighted by molar-refractivity contribution is 0.0837. The molecular formula is C12H13BrF3NO2. The van der Waals surface area contributed by atoms with Crippen molar-refractivity contribution in [2.45, 2.75) is 32.4 Å². The van der Waals surface area contributed by atoms with Crippen molar-refractivity contribution in [2.24, 2.45) is 0 Å². The molecule has 0 aromatic heterocycles. The quantitative estimate of drug-likeness (QED) is 0.654. The molecule has 0 radical (unpaired) electrons. The van der Waals surface area contributed by atoms with E-state index in [-0.39, 0.29) is 0 Å². The van der Waals surface area contributed by atoms with E-state index in [4.69, 9.17) is 0 Å².